The van der Waals surface area contributed by atoms with E-state index in [0.29, 0.717) is 0 Å². The minimum atomic E-state index is -1.36. The molecule has 0 bridgehead atoms. The predicted octanol–water partition coefficient (Wildman–Crippen LogP) is -0.923. The van der Waals surface area contributed by atoms with Crippen molar-refractivity contribution in [2.75, 3.05) is 0 Å². The highest BCUT2D eigenvalue weighted by molar-refractivity contribution is 5.67. The van der Waals surface area contributed by atoms with Crippen LogP contribution in [0.2, 0.25) is 0 Å². The molecule has 1 aliphatic heterocycles. The second kappa shape index (κ2) is 2.97. The van der Waals surface area contributed by atoms with Crippen LogP contribution >= 0.6 is 0 Å². The fourth-order valence-corrected chi connectivity index (χ4v) is 1.09. The monoisotopic (exact) mass is 186 g/mol. The Hall–Kier alpha value is -1.14. The van der Waals surface area contributed by atoms with Crippen LogP contribution in [0.3, 0.4) is 0 Å². The van der Waals surface area contributed by atoms with Crippen LogP contribution in [0.15, 0.2) is 4.99 Å². The molecule has 6 nitrogen and oxygen atoms in total. The van der Waals surface area contributed by atoms with Crippen molar-refractivity contribution in [2.24, 2.45) is 10.7 Å². The number of nitrogens with two attached hydrogens (primary N) is 1. The topological polar surface area (TPSA) is 88.7 Å². The zero-order chi connectivity index (χ0) is 10.1. The van der Waals surface area contributed by atoms with Gasteiger partial charge in [-0.15, -0.1) is 0 Å². The highest BCUT2D eigenvalue weighted by atomic mass is 16.6. The number of ether oxygens (including phenoxy) is 1. The SMILES string of the molecule is CC(=O)OC1(N)NC=NC(C)(C)N1. The maximum atomic E-state index is 10.7. The first kappa shape index (κ1) is 9.94. The van der Waals surface area contributed by atoms with Crippen LogP contribution in [-0.2, 0) is 9.53 Å². The number of rotatable bonds is 1. The molecule has 0 fully saturated rings. The molecule has 6 heteroatoms. The van der Waals surface area contributed by atoms with E-state index in [9.17, 15) is 4.79 Å². The van der Waals surface area contributed by atoms with Crippen molar-refractivity contribution in [1.82, 2.24) is 10.6 Å². The van der Waals surface area contributed by atoms with Gasteiger partial charge in [-0.25, -0.2) is 5.32 Å². The van der Waals surface area contributed by atoms with Gasteiger partial charge in [0.15, 0.2) is 0 Å². The van der Waals surface area contributed by atoms with Gasteiger partial charge in [-0.1, -0.05) is 0 Å². The summed E-state index contributed by atoms with van der Waals surface area (Å²) in [6.45, 7) is 4.92. The van der Waals surface area contributed by atoms with E-state index in [1.807, 2.05) is 13.8 Å². The summed E-state index contributed by atoms with van der Waals surface area (Å²) in [6.07, 6.45) is 1.42. The molecule has 1 heterocycles. The number of aliphatic imine (C=N–C) groups is 1. The molecule has 4 N–H and O–H groups in total. The molecular weight excluding hydrogens is 172 g/mol. The Morgan fingerprint density at radius 2 is 2.23 bits per heavy atom. The van der Waals surface area contributed by atoms with E-state index in [0.717, 1.165) is 0 Å². The molecule has 0 aromatic rings. The molecule has 0 saturated heterocycles. The highest BCUT2D eigenvalue weighted by Crippen LogP contribution is 2.11. The quantitative estimate of drug-likeness (QED) is 0.364. The summed E-state index contributed by atoms with van der Waals surface area (Å²) in [5.41, 5.74) is 5.13. The van der Waals surface area contributed by atoms with Crippen LogP contribution in [-0.4, -0.2) is 23.9 Å². The Labute approximate surface area is 76.5 Å². The lowest BCUT2D eigenvalue weighted by Gasteiger charge is -2.38. The molecule has 0 aromatic carbocycles. The molecular formula is C7H14N4O2. The molecule has 0 aromatic heterocycles. The third-order valence-corrected chi connectivity index (χ3v) is 1.46. The van der Waals surface area contributed by atoms with Gasteiger partial charge in [0.25, 0.3) is 0 Å². The van der Waals surface area contributed by atoms with Crippen LogP contribution in [0.25, 0.3) is 0 Å². The first-order valence-corrected chi connectivity index (χ1v) is 3.92. The Morgan fingerprint density at radius 3 is 2.69 bits per heavy atom. The minimum Gasteiger partial charge on any atom is -0.411 e. The molecule has 1 atom stereocenters. The second-order valence-electron chi connectivity index (χ2n) is 3.42. The summed E-state index contributed by atoms with van der Waals surface area (Å²) < 4.78 is 4.84. The van der Waals surface area contributed by atoms with Crippen LogP contribution in [0.4, 0.5) is 0 Å². The van der Waals surface area contributed by atoms with Gasteiger partial charge in [0.05, 0.1) is 6.34 Å². The molecule has 1 unspecified atom stereocenters. The predicted molar refractivity (Wildman–Crippen MR) is 47.5 cm³/mol. The van der Waals surface area contributed by atoms with Gasteiger partial charge in [-0.3, -0.25) is 15.5 Å². The zero-order valence-electron chi connectivity index (χ0n) is 7.92. The average Bonchev–Trinajstić information content (AvgIpc) is 1.79. The standard InChI is InChI=1S/C7H14N4O2/c1-5(12)13-7(8)10-4-9-6(2,3)11-7/h4,11H,8H2,1-3H3,(H,9,10). The lowest BCUT2D eigenvalue weighted by atomic mass is 10.2. The molecule has 0 amide bonds. The fourth-order valence-electron chi connectivity index (χ4n) is 1.09. The summed E-state index contributed by atoms with van der Waals surface area (Å²) in [7, 11) is 0. The number of esters is 1. The summed E-state index contributed by atoms with van der Waals surface area (Å²) in [6, 6.07) is 0. The summed E-state index contributed by atoms with van der Waals surface area (Å²) in [5.74, 6) is -1.83. The Morgan fingerprint density at radius 1 is 1.62 bits per heavy atom. The molecule has 0 saturated carbocycles. The summed E-state index contributed by atoms with van der Waals surface area (Å²) in [4.78, 5) is 14.7. The number of carbonyl (C=O) groups is 1. The van der Waals surface area contributed by atoms with E-state index in [4.69, 9.17) is 10.5 Å². The van der Waals surface area contributed by atoms with Crippen LogP contribution < -0.4 is 16.4 Å². The number of carbonyl (C=O) groups excluding carboxylic acids is 1. The molecule has 74 valence electrons. The van der Waals surface area contributed by atoms with Gasteiger partial charge >= 0.3 is 11.9 Å². The highest BCUT2D eigenvalue weighted by Gasteiger charge is 2.36. The van der Waals surface area contributed by atoms with Crippen molar-refractivity contribution >= 4 is 12.3 Å². The first-order chi connectivity index (χ1) is 5.83. The maximum absolute atomic E-state index is 10.7. The van der Waals surface area contributed by atoms with Gasteiger partial charge in [-0.05, 0) is 13.8 Å². The lowest BCUT2D eigenvalue weighted by Crippen LogP contribution is -2.72. The van der Waals surface area contributed by atoms with Crippen molar-refractivity contribution in [3.8, 4) is 0 Å². The maximum Gasteiger partial charge on any atom is 0.306 e. The number of hydrogen-bond donors (Lipinski definition) is 3. The van der Waals surface area contributed by atoms with E-state index in [1.165, 1.54) is 13.3 Å². The van der Waals surface area contributed by atoms with Crippen LogP contribution in [0, 0.1) is 0 Å². The minimum absolute atomic E-state index is 0.464. The van der Waals surface area contributed by atoms with Crippen molar-refractivity contribution < 1.29 is 9.53 Å². The van der Waals surface area contributed by atoms with E-state index in [-0.39, 0.29) is 0 Å². The summed E-state index contributed by atoms with van der Waals surface area (Å²) in [5, 5.41) is 5.44. The zero-order valence-corrected chi connectivity index (χ0v) is 7.92. The Balaban J connectivity index is 2.72. The smallest absolute Gasteiger partial charge is 0.306 e. The van der Waals surface area contributed by atoms with Gasteiger partial charge in [0.1, 0.15) is 5.66 Å². The molecule has 0 radical (unpaired) electrons. The van der Waals surface area contributed by atoms with Crippen molar-refractivity contribution in [3.05, 3.63) is 0 Å². The Kier molecular flexibility index (Phi) is 2.27. The molecule has 1 rings (SSSR count). The van der Waals surface area contributed by atoms with Gasteiger partial charge in [0.2, 0.25) is 0 Å². The second-order valence-corrected chi connectivity index (χ2v) is 3.42. The van der Waals surface area contributed by atoms with Crippen molar-refractivity contribution in [1.29, 1.82) is 0 Å². The number of hydrogen-bond acceptors (Lipinski definition) is 6. The van der Waals surface area contributed by atoms with Crippen LogP contribution in [0.1, 0.15) is 20.8 Å². The van der Waals surface area contributed by atoms with Crippen LogP contribution in [0.5, 0.6) is 0 Å². The van der Waals surface area contributed by atoms with Crippen molar-refractivity contribution in [2.45, 2.75) is 32.4 Å². The Bertz CT molecular complexity index is 251. The first-order valence-electron chi connectivity index (χ1n) is 3.92. The number of nitrogens with zero attached hydrogens (tertiary/aromatic N) is 1. The average molecular weight is 186 g/mol. The number of nitrogens with one attached hydrogen (secondary N) is 2. The summed E-state index contributed by atoms with van der Waals surface area (Å²) >= 11 is 0. The molecule has 1 aliphatic rings. The van der Waals surface area contributed by atoms with E-state index in [1.54, 1.807) is 0 Å². The molecule has 0 aliphatic carbocycles. The van der Waals surface area contributed by atoms with E-state index in [2.05, 4.69) is 15.6 Å². The van der Waals surface area contributed by atoms with Gasteiger partial charge < -0.3 is 10.1 Å². The third kappa shape index (κ3) is 2.67. The van der Waals surface area contributed by atoms with Gasteiger partial charge in [-0.2, -0.15) is 0 Å². The molecule has 13 heavy (non-hydrogen) atoms. The normalized spacial score (nSPS) is 30.8. The van der Waals surface area contributed by atoms with E-state index < -0.39 is 17.6 Å². The molecule has 0 spiro atoms. The fraction of sp³-hybridized carbons (Fsp3) is 0.714. The van der Waals surface area contributed by atoms with Gasteiger partial charge in [0, 0.05) is 6.92 Å². The third-order valence-electron chi connectivity index (χ3n) is 1.46. The largest absolute Gasteiger partial charge is 0.411 e. The lowest BCUT2D eigenvalue weighted by molar-refractivity contribution is -0.165. The van der Waals surface area contributed by atoms with E-state index >= 15 is 0 Å². The van der Waals surface area contributed by atoms with Crippen molar-refractivity contribution in [3.63, 3.8) is 0 Å².